The monoisotopic (exact) mass is 180 g/mol. The van der Waals surface area contributed by atoms with E-state index in [9.17, 15) is 4.39 Å². The fourth-order valence-electron chi connectivity index (χ4n) is 1.02. The van der Waals surface area contributed by atoms with Gasteiger partial charge in [0, 0.05) is 6.04 Å². The highest BCUT2D eigenvalue weighted by molar-refractivity contribution is 5.34. The fraction of sp³-hybridized carbons (Fsp3) is 0.300. The average molecular weight is 180 g/mol. The van der Waals surface area contributed by atoms with Crippen LogP contribution in [0.15, 0.2) is 31.0 Å². The Morgan fingerprint density at radius 2 is 2.46 bits per heavy atom. The molecule has 3 heteroatoms. The average Bonchev–Trinajstić information content (AvgIpc) is 2.09. The summed E-state index contributed by atoms with van der Waals surface area (Å²) in [5.74, 6) is 0.373. The Kier molecular flexibility index (Phi) is 3.43. The highest BCUT2D eigenvalue weighted by Crippen LogP contribution is 2.06. The first-order valence-corrected chi connectivity index (χ1v) is 4.21. The van der Waals surface area contributed by atoms with E-state index in [0.717, 1.165) is 6.42 Å². The summed E-state index contributed by atoms with van der Waals surface area (Å²) in [5.41, 5.74) is 0. The molecule has 1 unspecified atom stereocenters. The summed E-state index contributed by atoms with van der Waals surface area (Å²) in [5, 5.41) is 3.12. The van der Waals surface area contributed by atoms with Gasteiger partial charge in [0.1, 0.15) is 11.6 Å². The summed E-state index contributed by atoms with van der Waals surface area (Å²) in [6.07, 6.45) is 3.89. The normalized spacial score (nSPS) is 12.2. The minimum atomic E-state index is -0.318. The van der Waals surface area contributed by atoms with Crippen LogP contribution in [0, 0.1) is 5.82 Å². The minimum Gasteiger partial charge on any atom is -0.367 e. The zero-order valence-corrected chi connectivity index (χ0v) is 7.63. The molecule has 13 heavy (non-hydrogen) atoms. The molecule has 0 fully saturated rings. The summed E-state index contributed by atoms with van der Waals surface area (Å²) in [4.78, 5) is 3.88. The van der Waals surface area contributed by atoms with E-state index >= 15 is 0 Å². The molecule has 0 aliphatic rings. The first-order valence-electron chi connectivity index (χ1n) is 4.21. The summed E-state index contributed by atoms with van der Waals surface area (Å²) in [6.45, 7) is 5.66. The van der Waals surface area contributed by atoms with Crippen molar-refractivity contribution in [2.45, 2.75) is 19.4 Å². The van der Waals surface area contributed by atoms with E-state index in [4.69, 9.17) is 0 Å². The minimum absolute atomic E-state index is 0.274. The van der Waals surface area contributed by atoms with E-state index in [-0.39, 0.29) is 11.9 Å². The Morgan fingerprint density at radius 3 is 3.00 bits per heavy atom. The molecular formula is C10H13FN2. The van der Waals surface area contributed by atoms with Gasteiger partial charge >= 0.3 is 0 Å². The predicted molar refractivity (Wildman–Crippen MR) is 52.1 cm³/mol. The Labute approximate surface area is 77.5 Å². The van der Waals surface area contributed by atoms with Crippen molar-refractivity contribution in [1.29, 1.82) is 0 Å². The number of hydrogen-bond acceptors (Lipinski definition) is 2. The second-order valence-electron chi connectivity index (χ2n) is 2.93. The first-order chi connectivity index (χ1) is 6.22. The Morgan fingerprint density at radius 1 is 1.69 bits per heavy atom. The third-order valence-corrected chi connectivity index (χ3v) is 1.64. The number of nitrogens with zero attached hydrogens (tertiary/aromatic N) is 1. The van der Waals surface area contributed by atoms with Crippen LogP contribution in [0.4, 0.5) is 10.2 Å². The van der Waals surface area contributed by atoms with Crippen molar-refractivity contribution in [3.63, 3.8) is 0 Å². The Balaban J connectivity index is 2.53. The molecule has 1 atom stereocenters. The number of nitrogens with one attached hydrogen (secondary N) is 1. The van der Waals surface area contributed by atoms with Crippen LogP contribution in [0.1, 0.15) is 13.3 Å². The molecule has 1 heterocycles. The van der Waals surface area contributed by atoms with E-state index in [1.54, 1.807) is 6.07 Å². The van der Waals surface area contributed by atoms with Crippen LogP contribution in [0.5, 0.6) is 0 Å². The van der Waals surface area contributed by atoms with Crippen LogP contribution in [0.2, 0.25) is 0 Å². The largest absolute Gasteiger partial charge is 0.367 e. The number of halogens is 1. The van der Waals surface area contributed by atoms with Gasteiger partial charge in [-0.3, -0.25) is 0 Å². The van der Waals surface area contributed by atoms with Gasteiger partial charge in [-0.15, -0.1) is 6.58 Å². The molecular weight excluding hydrogens is 167 g/mol. The molecule has 2 nitrogen and oxygen atoms in total. The van der Waals surface area contributed by atoms with Gasteiger partial charge in [-0.05, 0) is 25.5 Å². The van der Waals surface area contributed by atoms with Crippen molar-refractivity contribution < 1.29 is 4.39 Å². The van der Waals surface area contributed by atoms with Crippen LogP contribution in [-0.4, -0.2) is 11.0 Å². The quantitative estimate of drug-likeness (QED) is 0.720. The summed E-state index contributed by atoms with van der Waals surface area (Å²) in [6, 6.07) is 3.28. The smallest absolute Gasteiger partial charge is 0.141 e. The second-order valence-corrected chi connectivity index (χ2v) is 2.93. The molecule has 70 valence electrons. The first kappa shape index (κ1) is 9.71. The highest BCUT2D eigenvalue weighted by atomic mass is 19.1. The van der Waals surface area contributed by atoms with Crippen molar-refractivity contribution in [2.75, 3.05) is 5.32 Å². The molecule has 1 rings (SSSR count). The zero-order chi connectivity index (χ0) is 9.68. The third-order valence-electron chi connectivity index (χ3n) is 1.64. The lowest BCUT2D eigenvalue weighted by Gasteiger charge is -2.11. The zero-order valence-electron chi connectivity index (χ0n) is 7.63. The summed E-state index contributed by atoms with van der Waals surface area (Å²) >= 11 is 0. The molecule has 0 saturated heterocycles. The molecule has 1 aromatic heterocycles. The molecule has 0 amide bonds. The summed E-state index contributed by atoms with van der Waals surface area (Å²) in [7, 11) is 0. The molecule has 1 N–H and O–H groups in total. The van der Waals surface area contributed by atoms with Gasteiger partial charge in [-0.2, -0.15) is 0 Å². The molecule has 0 aliphatic carbocycles. The van der Waals surface area contributed by atoms with Crippen molar-refractivity contribution >= 4 is 5.82 Å². The number of hydrogen-bond donors (Lipinski definition) is 1. The van der Waals surface area contributed by atoms with E-state index in [1.807, 2.05) is 13.0 Å². The molecule has 0 bridgehead atoms. The second kappa shape index (κ2) is 4.60. The molecule has 0 aliphatic heterocycles. The van der Waals surface area contributed by atoms with Crippen LogP contribution in [0.3, 0.4) is 0 Å². The fourth-order valence-corrected chi connectivity index (χ4v) is 1.02. The topological polar surface area (TPSA) is 24.9 Å². The maximum atomic E-state index is 12.5. The lowest BCUT2D eigenvalue weighted by Crippen LogP contribution is -2.14. The lowest BCUT2D eigenvalue weighted by molar-refractivity contribution is 0.621. The van der Waals surface area contributed by atoms with E-state index in [1.165, 1.54) is 12.3 Å². The number of aromatic nitrogens is 1. The molecule has 0 spiro atoms. The maximum absolute atomic E-state index is 12.5. The van der Waals surface area contributed by atoms with Gasteiger partial charge in [-0.1, -0.05) is 6.08 Å². The molecule has 0 aromatic carbocycles. The van der Waals surface area contributed by atoms with E-state index in [0.29, 0.717) is 5.82 Å². The van der Waals surface area contributed by atoms with Crippen LogP contribution >= 0.6 is 0 Å². The van der Waals surface area contributed by atoms with Gasteiger partial charge in [0.2, 0.25) is 0 Å². The summed E-state index contributed by atoms with van der Waals surface area (Å²) < 4.78 is 12.5. The van der Waals surface area contributed by atoms with Gasteiger partial charge < -0.3 is 5.32 Å². The maximum Gasteiger partial charge on any atom is 0.141 e. The van der Waals surface area contributed by atoms with Gasteiger partial charge in [0.25, 0.3) is 0 Å². The molecule has 0 radical (unpaired) electrons. The van der Waals surface area contributed by atoms with Crippen LogP contribution in [0.25, 0.3) is 0 Å². The number of rotatable bonds is 4. The molecule has 0 saturated carbocycles. The lowest BCUT2D eigenvalue weighted by atomic mass is 10.2. The van der Waals surface area contributed by atoms with E-state index in [2.05, 4.69) is 16.9 Å². The van der Waals surface area contributed by atoms with Gasteiger partial charge in [-0.25, -0.2) is 9.37 Å². The van der Waals surface area contributed by atoms with Crippen molar-refractivity contribution in [3.8, 4) is 0 Å². The predicted octanol–water partition coefficient (Wildman–Crippen LogP) is 2.60. The standard InChI is InChI=1S/C10H13FN2/c1-3-4-8(2)13-10-6-5-9(11)7-12-10/h3,5-8H,1,4H2,2H3,(H,12,13). The molecule has 1 aromatic rings. The van der Waals surface area contributed by atoms with E-state index < -0.39 is 0 Å². The van der Waals surface area contributed by atoms with Crippen LogP contribution < -0.4 is 5.32 Å². The van der Waals surface area contributed by atoms with Crippen LogP contribution in [-0.2, 0) is 0 Å². The number of anilines is 1. The highest BCUT2D eigenvalue weighted by Gasteiger charge is 1.99. The van der Waals surface area contributed by atoms with Crippen molar-refractivity contribution in [1.82, 2.24) is 4.98 Å². The van der Waals surface area contributed by atoms with Crippen molar-refractivity contribution in [3.05, 3.63) is 36.8 Å². The Hall–Kier alpha value is -1.38. The third kappa shape index (κ3) is 3.23. The van der Waals surface area contributed by atoms with Gasteiger partial charge in [0.15, 0.2) is 0 Å². The SMILES string of the molecule is C=CCC(C)Nc1ccc(F)cn1. The van der Waals surface area contributed by atoms with Crippen molar-refractivity contribution in [2.24, 2.45) is 0 Å². The Bertz CT molecular complexity index is 269. The number of pyridine rings is 1. The van der Waals surface area contributed by atoms with Gasteiger partial charge in [0.05, 0.1) is 6.20 Å².